The maximum Gasteiger partial charge on any atom is 0.259 e. The summed E-state index contributed by atoms with van der Waals surface area (Å²) in [6.07, 6.45) is 3.53. The minimum absolute atomic E-state index is 0.0162. The fourth-order valence-corrected chi connectivity index (χ4v) is 8.09. The van der Waals surface area contributed by atoms with Crippen LogP contribution in [0.4, 0.5) is 5.82 Å². The van der Waals surface area contributed by atoms with Crippen LogP contribution in [0.5, 0.6) is 11.6 Å². The number of aryl methyl sites for hydroxylation is 1. The summed E-state index contributed by atoms with van der Waals surface area (Å²) < 4.78 is 39.5. The van der Waals surface area contributed by atoms with Gasteiger partial charge in [0, 0.05) is 33.8 Å². The summed E-state index contributed by atoms with van der Waals surface area (Å²) in [5, 5.41) is 7.25. The van der Waals surface area contributed by atoms with E-state index in [-0.39, 0.29) is 31.2 Å². The molecule has 0 bridgehead atoms. The normalized spacial score (nSPS) is 23.6. The Hall–Kier alpha value is -4.43. The predicted octanol–water partition coefficient (Wildman–Crippen LogP) is 4.14. The number of nitrogens with zero attached hydrogens (tertiary/aromatic N) is 3. The third-order valence-corrected chi connectivity index (χ3v) is 11.7. The molecule has 2 aliphatic carbocycles. The number of halogens is 1. The molecule has 1 aliphatic heterocycles. The summed E-state index contributed by atoms with van der Waals surface area (Å²) in [6.45, 7) is 11.4. The molecular weight excluding hydrogens is 696 g/mol. The number of likely N-dealkylation sites (tertiary alicyclic amines) is 1. The molecule has 3 fully saturated rings. The number of amides is 3. The van der Waals surface area contributed by atoms with E-state index in [4.69, 9.17) is 21.1 Å². The Bertz CT molecular complexity index is 2000. The van der Waals surface area contributed by atoms with Gasteiger partial charge in [0.2, 0.25) is 27.7 Å². The second-order valence-electron chi connectivity index (χ2n) is 14.6. The maximum atomic E-state index is 14.6. The van der Waals surface area contributed by atoms with Crippen LogP contribution < -0.4 is 24.8 Å². The van der Waals surface area contributed by atoms with Crippen LogP contribution in [0.25, 0.3) is 10.8 Å². The van der Waals surface area contributed by atoms with Crippen LogP contribution >= 0.6 is 11.6 Å². The monoisotopic (exact) mass is 738 g/mol. The highest BCUT2D eigenvalue weighted by molar-refractivity contribution is 7.91. The van der Waals surface area contributed by atoms with Crippen molar-refractivity contribution < 1.29 is 32.3 Å². The topological polar surface area (TPSA) is 169 Å². The molecule has 272 valence electrons. The fourth-order valence-electron chi connectivity index (χ4n) is 6.56. The number of rotatable bonds is 12. The minimum Gasteiger partial charge on any atom is -0.494 e. The number of hydrogen-bond acceptors (Lipinski definition) is 10. The third-order valence-electron chi connectivity index (χ3n) is 9.67. The molecule has 3 aliphatic rings. The Labute approximate surface area is 302 Å². The molecule has 13 nitrogen and oxygen atoms in total. The molecule has 0 spiro atoms. The van der Waals surface area contributed by atoms with E-state index in [1.807, 2.05) is 39.8 Å². The van der Waals surface area contributed by atoms with Crippen molar-refractivity contribution in [3.05, 3.63) is 66.0 Å². The van der Waals surface area contributed by atoms with Crippen molar-refractivity contribution in [2.75, 3.05) is 19.0 Å². The Morgan fingerprint density at radius 3 is 2.53 bits per heavy atom. The van der Waals surface area contributed by atoms with Crippen LogP contribution in [0, 0.1) is 18.3 Å². The Morgan fingerprint density at radius 2 is 1.90 bits per heavy atom. The lowest BCUT2D eigenvalue weighted by Gasteiger charge is -2.36. The standard InChI is InChI=1S/C36H43ClN6O7S/c1-7-21-17-36(21,34(46)42-51(47,48)24-12-13-24)41-31(44)27-16-23(50-32-26-15-22(37)11-14-25(26)28(49-6)18-38-32)19-43(27)33(45)30(35(3,4)5)40-29-10-8-9-20(2)39-29/h7-11,14-15,18,21,23-24,27,30H,1,12-13,16-17,19H2,2-6H3,(H,39,40)(H,41,44)(H,42,46)/t21-,23-,27+,30-,36-/m1/s1. The Kier molecular flexibility index (Phi) is 9.70. The van der Waals surface area contributed by atoms with Gasteiger partial charge in [0.25, 0.3) is 5.91 Å². The van der Waals surface area contributed by atoms with Crippen LogP contribution in [0.3, 0.4) is 0 Å². The summed E-state index contributed by atoms with van der Waals surface area (Å²) in [4.78, 5) is 52.9. The van der Waals surface area contributed by atoms with E-state index in [2.05, 4.69) is 31.9 Å². The van der Waals surface area contributed by atoms with E-state index in [0.717, 1.165) is 5.69 Å². The van der Waals surface area contributed by atoms with Gasteiger partial charge in [0.15, 0.2) is 0 Å². The molecule has 0 unspecified atom stereocenters. The number of pyridine rings is 2. The molecular formula is C36H43ClN6O7S. The summed E-state index contributed by atoms with van der Waals surface area (Å²) in [5.41, 5.74) is -1.39. The number of nitrogens with one attached hydrogen (secondary N) is 3. The van der Waals surface area contributed by atoms with Gasteiger partial charge in [-0.2, -0.15) is 0 Å². The fraction of sp³-hybridized carbons (Fsp3) is 0.472. The van der Waals surface area contributed by atoms with Crippen molar-refractivity contribution in [3.8, 4) is 11.6 Å². The molecule has 51 heavy (non-hydrogen) atoms. The predicted molar refractivity (Wildman–Crippen MR) is 193 cm³/mol. The smallest absolute Gasteiger partial charge is 0.259 e. The molecule has 6 rings (SSSR count). The average Bonchev–Trinajstić information content (AvgIpc) is 4.00. The highest BCUT2D eigenvalue weighted by Crippen LogP contribution is 2.46. The first-order valence-corrected chi connectivity index (χ1v) is 18.8. The molecule has 2 aromatic heterocycles. The van der Waals surface area contributed by atoms with E-state index >= 15 is 0 Å². The summed E-state index contributed by atoms with van der Waals surface area (Å²) in [5.74, 6) is -1.04. The first-order chi connectivity index (χ1) is 24.1. The zero-order chi connectivity index (χ0) is 36.9. The van der Waals surface area contributed by atoms with Crippen molar-refractivity contribution in [1.82, 2.24) is 24.9 Å². The molecule has 3 heterocycles. The quantitative estimate of drug-likeness (QED) is 0.230. The second-order valence-corrected chi connectivity index (χ2v) is 17.0. The number of fused-ring (bicyclic) bond motifs is 1. The summed E-state index contributed by atoms with van der Waals surface area (Å²) in [6, 6.07) is 8.79. The Balaban J connectivity index is 1.32. The van der Waals surface area contributed by atoms with E-state index in [1.165, 1.54) is 24.3 Å². The van der Waals surface area contributed by atoms with E-state index in [9.17, 15) is 22.8 Å². The van der Waals surface area contributed by atoms with Crippen LogP contribution in [0.2, 0.25) is 5.02 Å². The molecule has 3 amide bonds. The lowest BCUT2D eigenvalue weighted by molar-refractivity contribution is -0.141. The molecule has 2 saturated carbocycles. The molecule has 3 aromatic rings. The average molecular weight is 739 g/mol. The number of carbonyl (C=O) groups excluding carboxylic acids is 3. The van der Waals surface area contributed by atoms with Crippen LogP contribution in [0.1, 0.15) is 52.1 Å². The largest absolute Gasteiger partial charge is 0.494 e. The van der Waals surface area contributed by atoms with E-state index in [0.29, 0.717) is 40.2 Å². The number of benzene rings is 1. The van der Waals surface area contributed by atoms with Crippen LogP contribution in [-0.2, 0) is 24.4 Å². The number of sulfonamides is 1. The van der Waals surface area contributed by atoms with E-state index in [1.54, 1.807) is 24.3 Å². The number of hydrogen-bond donors (Lipinski definition) is 3. The SMILES string of the molecule is C=C[C@@H]1C[C@]1(NC(=O)[C@@H]1C[C@@H](Oc2ncc(OC)c3ccc(Cl)cc23)CN1C(=O)[C@@H](Nc1cccc(C)n1)C(C)(C)C)C(=O)NS(=O)(=O)C1CC1. The first-order valence-electron chi connectivity index (χ1n) is 16.9. The number of methoxy groups -OCH3 is 1. The number of ether oxygens (including phenoxy) is 2. The van der Waals surface area contributed by atoms with Crippen LogP contribution in [0.15, 0.2) is 55.3 Å². The van der Waals surface area contributed by atoms with Gasteiger partial charge in [0.05, 0.1) is 25.1 Å². The summed E-state index contributed by atoms with van der Waals surface area (Å²) in [7, 11) is -2.35. The van der Waals surface area contributed by atoms with Gasteiger partial charge >= 0.3 is 0 Å². The van der Waals surface area contributed by atoms with Crippen molar-refractivity contribution in [2.45, 2.75) is 82.4 Å². The van der Waals surface area contributed by atoms with Crippen molar-refractivity contribution >= 4 is 55.9 Å². The molecule has 5 atom stereocenters. The Morgan fingerprint density at radius 1 is 1.16 bits per heavy atom. The van der Waals surface area contributed by atoms with Gasteiger partial charge in [-0.15, -0.1) is 6.58 Å². The van der Waals surface area contributed by atoms with Gasteiger partial charge in [-0.25, -0.2) is 18.4 Å². The highest BCUT2D eigenvalue weighted by Gasteiger charge is 2.62. The third kappa shape index (κ3) is 7.48. The molecule has 15 heteroatoms. The number of carbonyl (C=O) groups is 3. The molecule has 1 aromatic carbocycles. The highest BCUT2D eigenvalue weighted by atomic mass is 35.5. The zero-order valence-corrected chi connectivity index (χ0v) is 30.8. The minimum atomic E-state index is -3.88. The van der Waals surface area contributed by atoms with Crippen molar-refractivity contribution in [2.24, 2.45) is 11.3 Å². The summed E-state index contributed by atoms with van der Waals surface area (Å²) >= 11 is 6.34. The second kappa shape index (κ2) is 13.6. The van der Waals surface area contributed by atoms with Crippen molar-refractivity contribution in [1.29, 1.82) is 0 Å². The number of anilines is 1. The van der Waals surface area contributed by atoms with Gasteiger partial charge in [-0.05, 0) is 61.9 Å². The van der Waals surface area contributed by atoms with Crippen molar-refractivity contribution in [3.63, 3.8) is 0 Å². The van der Waals surface area contributed by atoms with Gasteiger partial charge in [0.1, 0.15) is 35.3 Å². The van der Waals surface area contributed by atoms with Gasteiger partial charge in [-0.1, -0.05) is 44.5 Å². The maximum absolute atomic E-state index is 14.6. The lowest BCUT2D eigenvalue weighted by Crippen LogP contribution is -2.58. The van der Waals surface area contributed by atoms with Crippen LogP contribution in [-0.4, -0.2) is 83.6 Å². The molecule has 1 saturated heterocycles. The van der Waals surface area contributed by atoms with Gasteiger partial charge in [-0.3, -0.25) is 19.1 Å². The zero-order valence-electron chi connectivity index (χ0n) is 29.2. The molecule has 0 radical (unpaired) electrons. The lowest BCUT2D eigenvalue weighted by atomic mass is 9.85. The van der Waals surface area contributed by atoms with Gasteiger partial charge < -0.3 is 25.0 Å². The number of aromatic nitrogens is 2. The molecule has 3 N–H and O–H groups in total. The van der Waals surface area contributed by atoms with E-state index < -0.39 is 62.1 Å². The first kappa shape index (κ1) is 36.4.